The Morgan fingerprint density at radius 3 is 2.43 bits per heavy atom. The molecule has 1 N–H and O–H groups in total. The molecule has 0 aliphatic carbocycles. The number of aromatic nitrogens is 2. The van der Waals surface area contributed by atoms with Crippen LogP contribution in [0.25, 0.3) is 11.0 Å². The van der Waals surface area contributed by atoms with Crippen LogP contribution in [-0.4, -0.2) is 39.2 Å². The summed E-state index contributed by atoms with van der Waals surface area (Å²) in [6, 6.07) is 15.3. The number of nitrogens with zero attached hydrogens (tertiary/aromatic N) is 3. The number of hydrogen-bond donors (Lipinski definition) is 1. The summed E-state index contributed by atoms with van der Waals surface area (Å²) in [6.45, 7) is 7.51. The molecule has 1 aromatic heterocycles. The zero-order chi connectivity index (χ0) is 21.5. The van der Waals surface area contributed by atoms with Crippen molar-refractivity contribution in [2.24, 2.45) is 0 Å². The van der Waals surface area contributed by atoms with Gasteiger partial charge in [-0.05, 0) is 48.1 Å². The number of para-hydroxylation sites is 2. The fourth-order valence-electron chi connectivity index (χ4n) is 3.24. The van der Waals surface area contributed by atoms with Gasteiger partial charge in [-0.3, -0.25) is 9.69 Å². The van der Waals surface area contributed by atoms with E-state index in [0.717, 1.165) is 25.2 Å². The fraction of sp³-hybridized carbons (Fsp3) is 0.364. The highest BCUT2D eigenvalue weighted by atomic mass is 32.2. The van der Waals surface area contributed by atoms with Gasteiger partial charge in [0.2, 0.25) is 5.91 Å². The highest BCUT2D eigenvalue weighted by molar-refractivity contribution is 7.99. The van der Waals surface area contributed by atoms with Crippen molar-refractivity contribution in [3.63, 3.8) is 0 Å². The van der Waals surface area contributed by atoms with Crippen molar-refractivity contribution < 1.29 is 13.6 Å². The minimum Gasteiger partial charge on any atom is -0.350 e. The smallest absolute Gasteiger partial charge is 0.291 e. The Labute approximate surface area is 179 Å². The molecule has 3 rings (SSSR count). The van der Waals surface area contributed by atoms with E-state index in [-0.39, 0.29) is 17.6 Å². The summed E-state index contributed by atoms with van der Waals surface area (Å²) >= 11 is 0.352. The molecular formula is C22H26F2N4OS. The molecule has 30 heavy (non-hydrogen) atoms. The summed E-state index contributed by atoms with van der Waals surface area (Å²) in [7, 11) is 0. The largest absolute Gasteiger partial charge is 0.350 e. The summed E-state index contributed by atoms with van der Waals surface area (Å²) in [5.74, 6) is -2.85. The molecule has 3 aromatic rings. The Bertz CT molecular complexity index is 971. The molecule has 0 radical (unpaired) electrons. The second-order valence-electron chi connectivity index (χ2n) is 6.90. The maximum absolute atomic E-state index is 12.9. The maximum Gasteiger partial charge on any atom is 0.291 e. The van der Waals surface area contributed by atoms with Crippen molar-refractivity contribution >= 4 is 28.7 Å². The van der Waals surface area contributed by atoms with Crippen LogP contribution in [0.5, 0.6) is 0 Å². The summed E-state index contributed by atoms with van der Waals surface area (Å²) in [5, 5.41) is 3.01. The van der Waals surface area contributed by atoms with E-state index in [0.29, 0.717) is 29.3 Å². The van der Waals surface area contributed by atoms with Gasteiger partial charge in [0.25, 0.3) is 5.76 Å². The third kappa shape index (κ3) is 5.79. The average Bonchev–Trinajstić information content (AvgIpc) is 3.07. The number of hydrogen-bond acceptors (Lipinski definition) is 4. The van der Waals surface area contributed by atoms with Crippen LogP contribution in [0, 0.1) is 0 Å². The van der Waals surface area contributed by atoms with Crippen LogP contribution in [0.3, 0.4) is 0 Å². The second-order valence-corrected chi connectivity index (χ2v) is 7.86. The molecule has 0 atom stereocenters. The van der Waals surface area contributed by atoms with Crippen LogP contribution >= 0.6 is 11.8 Å². The molecule has 160 valence electrons. The molecule has 0 aliphatic heterocycles. The van der Waals surface area contributed by atoms with E-state index < -0.39 is 5.76 Å². The molecule has 0 saturated heterocycles. The lowest BCUT2D eigenvalue weighted by atomic mass is 10.1. The first kappa shape index (κ1) is 22.2. The highest BCUT2D eigenvalue weighted by Crippen LogP contribution is 2.28. The predicted octanol–water partition coefficient (Wildman–Crippen LogP) is 4.51. The van der Waals surface area contributed by atoms with E-state index in [9.17, 15) is 13.6 Å². The average molecular weight is 433 g/mol. The molecule has 1 heterocycles. The highest BCUT2D eigenvalue weighted by Gasteiger charge is 2.17. The number of carbonyl (C=O) groups is 1. The van der Waals surface area contributed by atoms with Crippen molar-refractivity contribution in [3.8, 4) is 0 Å². The predicted molar refractivity (Wildman–Crippen MR) is 117 cm³/mol. The number of thioether (sulfide) groups is 1. The van der Waals surface area contributed by atoms with Gasteiger partial charge < -0.3 is 9.88 Å². The van der Waals surface area contributed by atoms with Gasteiger partial charge in [0.15, 0.2) is 5.16 Å². The zero-order valence-corrected chi connectivity index (χ0v) is 18.0. The van der Waals surface area contributed by atoms with Crippen molar-refractivity contribution in [1.82, 2.24) is 19.8 Å². The molecule has 8 heteroatoms. The van der Waals surface area contributed by atoms with E-state index in [1.54, 1.807) is 24.3 Å². The quantitative estimate of drug-likeness (QED) is 0.479. The first-order valence-electron chi connectivity index (χ1n) is 9.97. The number of carbonyl (C=O) groups excluding carboxylic acids is 1. The monoisotopic (exact) mass is 432 g/mol. The minimum atomic E-state index is -2.60. The van der Waals surface area contributed by atoms with Crippen LogP contribution < -0.4 is 5.32 Å². The molecule has 0 saturated carbocycles. The normalized spacial score (nSPS) is 11.5. The molecule has 0 spiro atoms. The lowest BCUT2D eigenvalue weighted by Crippen LogP contribution is -2.27. The Morgan fingerprint density at radius 1 is 1.10 bits per heavy atom. The SMILES string of the molecule is CCN(CC)Cc1ccc(CNC(=O)Cn2c(SC(F)F)nc3ccccc32)cc1. The third-order valence-electron chi connectivity index (χ3n) is 4.93. The maximum atomic E-state index is 12.9. The van der Waals surface area contributed by atoms with Gasteiger partial charge in [-0.2, -0.15) is 8.78 Å². The number of amides is 1. The lowest BCUT2D eigenvalue weighted by molar-refractivity contribution is -0.121. The summed E-state index contributed by atoms with van der Waals surface area (Å²) in [6.07, 6.45) is 0. The van der Waals surface area contributed by atoms with E-state index in [4.69, 9.17) is 0 Å². The summed E-state index contributed by atoms with van der Waals surface area (Å²) in [5.41, 5.74) is 3.48. The van der Waals surface area contributed by atoms with Crippen LogP contribution in [0.1, 0.15) is 25.0 Å². The van der Waals surface area contributed by atoms with Crippen molar-refractivity contribution in [2.75, 3.05) is 13.1 Å². The number of imidazole rings is 1. The van der Waals surface area contributed by atoms with Crippen molar-refractivity contribution in [3.05, 3.63) is 59.7 Å². The van der Waals surface area contributed by atoms with Crippen LogP contribution in [0.15, 0.2) is 53.7 Å². The second kappa shape index (κ2) is 10.5. The number of halogens is 2. The zero-order valence-electron chi connectivity index (χ0n) is 17.1. The first-order valence-corrected chi connectivity index (χ1v) is 10.8. The first-order chi connectivity index (χ1) is 14.5. The van der Waals surface area contributed by atoms with Crippen LogP contribution in [0.2, 0.25) is 0 Å². The number of fused-ring (bicyclic) bond motifs is 1. The van der Waals surface area contributed by atoms with Gasteiger partial charge in [0, 0.05) is 13.1 Å². The van der Waals surface area contributed by atoms with E-state index >= 15 is 0 Å². The minimum absolute atomic E-state index is 0.0599. The van der Waals surface area contributed by atoms with Gasteiger partial charge in [0.05, 0.1) is 11.0 Å². The molecule has 0 fully saturated rings. The Kier molecular flexibility index (Phi) is 7.81. The van der Waals surface area contributed by atoms with Gasteiger partial charge in [0.1, 0.15) is 6.54 Å². The number of rotatable bonds is 10. The van der Waals surface area contributed by atoms with Crippen LogP contribution in [0.4, 0.5) is 8.78 Å². The molecular weight excluding hydrogens is 406 g/mol. The standard InChI is InChI=1S/C22H26F2N4OS/c1-3-27(4-2)14-17-11-9-16(10-12-17)13-25-20(29)15-28-19-8-6-5-7-18(19)26-22(28)30-21(23)24/h5-12,21H,3-4,13-15H2,1-2H3,(H,25,29). The topological polar surface area (TPSA) is 50.2 Å². The number of benzene rings is 2. The number of alkyl halides is 2. The summed E-state index contributed by atoms with van der Waals surface area (Å²) < 4.78 is 27.3. The van der Waals surface area contributed by atoms with E-state index in [2.05, 4.69) is 41.2 Å². The molecule has 0 bridgehead atoms. The third-order valence-corrected chi connectivity index (χ3v) is 5.63. The fourth-order valence-corrected chi connectivity index (χ4v) is 3.84. The van der Waals surface area contributed by atoms with E-state index in [1.165, 1.54) is 10.1 Å². The Morgan fingerprint density at radius 2 is 1.77 bits per heavy atom. The van der Waals surface area contributed by atoms with Gasteiger partial charge in [-0.25, -0.2) is 4.98 Å². The molecule has 0 aliphatic rings. The number of nitrogens with one attached hydrogen (secondary N) is 1. The van der Waals surface area contributed by atoms with Crippen molar-refractivity contribution in [1.29, 1.82) is 0 Å². The van der Waals surface area contributed by atoms with Gasteiger partial charge in [-0.15, -0.1) is 0 Å². The summed E-state index contributed by atoms with van der Waals surface area (Å²) in [4.78, 5) is 19.1. The van der Waals surface area contributed by atoms with Crippen molar-refractivity contribution in [2.45, 2.75) is 44.4 Å². The van der Waals surface area contributed by atoms with E-state index in [1.807, 2.05) is 12.1 Å². The lowest BCUT2D eigenvalue weighted by Gasteiger charge is -2.18. The Hall–Kier alpha value is -2.45. The van der Waals surface area contributed by atoms with Gasteiger partial charge in [-0.1, -0.05) is 50.2 Å². The molecule has 1 amide bonds. The molecule has 0 unspecified atom stereocenters. The van der Waals surface area contributed by atoms with Gasteiger partial charge >= 0.3 is 0 Å². The molecule has 5 nitrogen and oxygen atoms in total. The molecule has 2 aromatic carbocycles. The van der Waals surface area contributed by atoms with Crippen LogP contribution in [-0.2, 0) is 24.4 Å². The Balaban J connectivity index is 1.62.